The monoisotopic (exact) mass is 341 g/mol. The average Bonchev–Trinajstić information content (AvgIpc) is 2.69. The van der Waals surface area contributed by atoms with Gasteiger partial charge in [-0.15, -0.1) is 0 Å². The Morgan fingerprint density at radius 1 is 1.20 bits per heavy atom. The number of nitrogens with one attached hydrogen (secondary N) is 1. The molecule has 0 unspecified atom stereocenters. The zero-order chi connectivity index (χ0) is 17.6. The van der Waals surface area contributed by atoms with E-state index in [1.54, 1.807) is 24.5 Å². The number of allylic oxidation sites excluding steroid dienone is 1. The van der Waals surface area contributed by atoms with E-state index in [0.29, 0.717) is 18.7 Å². The Morgan fingerprint density at radius 3 is 2.56 bits per heavy atom. The van der Waals surface area contributed by atoms with Gasteiger partial charge in [-0.1, -0.05) is 11.6 Å². The van der Waals surface area contributed by atoms with Crippen LogP contribution < -0.4 is 5.32 Å². The molecule has 0 radical (unpaired) electrons. The van der Waals surface area contributed by atoms with Crippen molar-refractivity contribution in [2.45, 2.75) is 51.5 Å². The van der Waals surface area contributed by atoms with Crippen molar-refractivity contribution in [2.24, 2.45) is 5.92 Å². The van der Waals surface area contributed by atoms with Gasteiger partial charge in [-0.25, -0.2) is 0 Å². The van der Waals surface area contributed by atoms with Crippen molar-refractivity contribution in [1.82, 2.24) is 15.2 Å². The molecule has 2 heterocycles. The van der Waals surface area contributed by atoms with Crippen LogP contribution in [0.5, 0.6) is 0 Å². The maximum absolute atomic E-state index is 12.5. The van der Waals surface area contributed by atoms with Gasteiger partial charge in [0.25, 0.3) is 5.91 Å². The predicted molar refractivity (Wildman–Crippen MR) is 97.0 cm³/mol. The molecule has 3 rings (SSSR count). The van der Waals surface area contributed by atoms with E-state index in [0.717, 1.165) is 25.7 Å². The number of aromatic nitrogens is 1. The second-order valence-electron chi connectivity index (χ2n) is 7.06. The molecule has 0 bridgehead atoms. The van der Waals surface area contributed by atoms with Crippen molar-refractivity contribution in [3.05, 3.63) is 41.7 Å². The van der Waals surface area contributed by atoms with Gasteiger partial charge in [0.2, 0.25) is 5.91 Å². The molecule has 1 aromatic heterocycles. The maximum atomic E-state index is 12.5. The second-order valence-corrected chi connectivity index (χ2v) is 7.06. The molecule has 1 saturated heterocycles. The van der Waals surface area contributed by atoms with Gasteiger partial charge in [-0.05, 0) is 57.6 Å². The minimum atomic E-state index is 0.00753. The van der Waals surface area contributed by atoms with Crippen LogP contribution >= 0.6 is 0 Å². The molecule has 0 saturated carbocycles. The van der Waals surface area contributed by atoms with Crippen LogP contribution in [0, 0.1) is 5.92 Å². The first-order valence-corrected chi connectivity index (χ1v) is 9.34. The zero-order valence-electron chi connectivity index (χ0n) is 14.9. The Labute approximate surface area is 149 Å². The number of likely N-dealkylation sites (tertiary alicyclic amines) is 1. The number of carbonyl (C=O) groups excluding carboxylic acids is 2. The van der Waals surface area contributed by atoms with Crippen LogP contribution in [0.15, 0.2) is 36.2 Å². The summed E-state index contributed by atoms with van der Waals surface area (Å²) in [6.07, 6.45) is 11.7. The van der Waals surface area contributed by atoms with Crippen molar-refractivity contribution in [2.75, 3.05) is 13.1 Å². The molecule has 1 atom stereocenters. The molecule has 2 aliphatic rings. The fourth-order valence-electron chi connectivity index (χ4n) is 3.70. The van der Waals surface area contributed by atoms with Gasteiger partial charge < -0.3 is 10.2 Å². The second kappa shape index (κ2) is 8.28. The average molecular weight is 341 g/mol. The normalized spacial score (nSPS) is 19.9. The van der Waals surface area contributed by atoms with E-state index < -0.39 is 0 Å². The molecule has 0 spiro atoms. The summed E-state index contributed by atoms with van der Waals surface area (Å²) < 4.78 is 0. The van der Waals surface area contributed by atoms with Gasteiger partial charge in [0.1, 0.15) is 0 Å². The van der Waals surface area contributed by atoms with Crippen LogP contribution in [0.25, 0.3) is 0 Å². The van der Waals surface area contributed by atoms with Gasteiger partial charge >= 0.3 is 0 Å². The van der Waals surface area contributed by atoms with E-state index in [9.17, 15) is 9.59 Å². The molecule has 1 aromatic rings. The number of carbonyl (C=O) groups is 2. The van der Waals surface area contributed by atoms with Crippen LogP contribution in [0.2, 0.25) is 0 Å². The van der Waals surface area contributed by atoms with E-state index in [1.807, 2.05) is 4.90 Å². The highest BCUT2D eigenvalue weighted by Crippen LogP contribution is 2.22. The van der Waals surface area contributed by atoms with E-state index in [2.05, 4.69) is 23.3 Å². The first-order chi connectivity index (χ1) is 12.1. The lowest BCUT2D eigenvalue weighted by Crippen LogP contribution is -2.45. The third-order valence-electron chi connectivity index (χ3n) is 5.32. The first kappa shape index (κ1) is 17.6. The van der Waals surface area contributed by atoms with E-state index >= 15 is 0 Å². The first-order valence-electron chi connectivity index (χ1n) is 9.34. The highest BCUT2D eigenvalue weighted by atomic mass is 16.2. The lowest BCUT2D eigenvalue weighted by atomic mass is 9.92. The summed E-state index contributed by atoms with van der Waals surface area (Å²) in [5.41, 5.74) is 2.03. The lowest BCUT2D eigenvalue weighted by molar-refractivity contribution is -0.126. The molecule has 5 heteroatoms. The van der Waals surface area contributed by atoms with Crippen molar-refractivity contribution in [3.63, 3.8) is 0 Å². The molecule has 1 fully saturated rings. The molecular weight excluding hydrogens is 314 g/mol. The van der Waals surface area contributed by atoms with Crippen LogP contribution in [0.1, 0.15) is 55.8 Å². The standard InChI is InChI=1S/C20H27N3O2/c1-15(16-5-3-2-4-6-16)22-19(24)17-9-13-23(14-10-17)20(25)18-7-11-21-12-8-18/h5,7-8,11-12,15,17H,2-4,6,9-10,13-14H2,1H3,(H,22,24)/t15-/m1/s1. The summed E-state index contributed by atoms with van der Waals surface area (Å²) in [6, 6.07) is 3.60. The van der Waals surface area contributed by atoms with Gasteiger partial charge in [-0.2, -0.15) is 0 Å². The molecule has 1 aliphatic heterocycles. The molecule has 134 valence electrons. The van der Waals surface area contributed by atoms with Crippen LogP contribution in [-0.4, -0.2) is 40.8 Å². The van der Waals surface area contributed by atoms with Gasteiger partial charge in [0.15, 0.2) is 0 Å². The minimum Gasteiger partial charge on any atom is -0.350 e. The lowest BCUT2D eigenvalue weighted by Gasteiger charge is -2.32. The number of rotatable bonds is 4. The van der Waals surface area contributed by atoms with Gasteiger partial charge in [-0.3, -0.25) is 14.6 Å². The molecule has 2 amide bonds. The number of nitrogens with zero attached hydrogens (tertiary/aromatic N) is 2. The van der Waals surface area contributed by atoms with E-state index in [4.69, 9.17) is 0 Å². The van der Waals surface area contributed by atoms with Crippen LogP contribution in [-0.2, 0) is 4.79 Å². The highest BCUT2D eigenvalue weighted by molar-refractivity contribution is 5.94. The number of pyridine rings is 1. The smallest absolute Gasteiger partial charge is 0.253 e. The predicted octanol–water partition coefficient (Wildman–Crippen LogP) is 2.94. The third kappa shape index (κ3) is 4.47. The zero-order valence-corrected chi connectivity index (χ0v) is 14.9. The summed E-state index contributed by atoms with van der Waals surface area (Å²) in [7, 11) is 0. The van der Waals surface area contributed by atoms with E-state index in [-0.39, 0.29) is 23.8 Å². The summed E-state index contributed by atoms with van der Waals surface area (Å²) >= 11 is 0. The van der Waals surface area contributed by atoms with Gasteiger partial charge in [0, 0.05) is 43.0 Å². The Hall–Kier alpha value is -2.17. The van der Waals surface area contributed by atoms with Crippen LogP contribution in [0.3, 0.4) is 0 Å². The third-order valence-corrected chi connectivity index (χ3v) is 5.32. The number of hydrogen-bond acceptors (Lipinski definition) is 3. The fraction of sp³-hybridized carbons (Fsp3) is 0.550. The van der Waals surface area contributed by atoms with Crippen LogP contribution in [0.4, 0.5) is 0 Å². The summed E-state index contributed by atoms with van der Waals surface area (Å²) in [5.74, 6) is 0.171. The van der Waals surface area contributed by atoms with E-state index in [1.165, 1.54) is 18.4 Å². The Morgan fingerprint density at radius 2 is 1.92 bits per heavy atom. The molecule has 25 heavy (non-hydrogen) atoms. The molecule has 5 nitrogen and oxygen atoms in total. The number of hydrogen-bond donors (Lipinski definition) is 1. The summed E-state index contributed by atoms with van der Waals surface area (Å²) in [5, 5.41) is 3.18. The maximum Gasteiger partial charge on any atom is 0.253 e. The van der Waals surface area contributed by atoms with Crippen molar-refractivity contribution in [1.29, 1.82) is 0 Å². The fourth-order valence-corrected chi connectivity index (χ4v) is 3.70. The molecule has 0 aromatic carbocycles. The topological polar surface area (TPSA) is 62.3 Å². The Bertz CT molecular complexity index is 634. The number of amides is 2. The SMILES string of the molecule is C[C@@H](NC(=O)C1CCN(C(=O)c2ccncc2)CC1)C1=CCCCC1. The van der Waals surface area contributed by atoms with Crippen molar-refractivity contribution < 1.29 is 9.59 Å². The Balaban J connectivity index is 1.49. The molecule has 1 aliphatic carbocycles. The van der Waals surface area contributed by atoms with Gasteiger partial charge in [0.05, 0.1) is 0 Å². The summed E-state index contributed by atoms with van der Waals surface area (Å²) in [6.45, 7) is 3.35. The molecular formula is C20H27N3O2. The van der Waals surface area contributed by atoms with Crippen molar-refractivity contribution >= 4 is 11.8 Å². The van der Waals surface area contributed by atoms with Crippen molar-refractivity contribution in [3.8, 4) is 0 Å². The minimum absolute atomic E-state index is 0.00753. The molecule has 1 N–H and O–H groups in total. The largest absolute Gasteiger partial charge is 0.350 e. The quantitative estimate of drug-likeness (QED) is 0.857. The Kier molecular flexibility index (Phi) is 5.84. The number of piperidine rings is 1. The summed E-state index contributed by atoms with van der Waals surface area (Å²) in [4.78, 5) is 30.8. The highest BCUT2D eigenvalue weighted by Gasteiger charge is 2.28.